The maximum Gasteiger partial charge on any atom is 0.259 e. The third-order valence-corrected chi connectivity index (χ3v) is 3.98. The Morgan fingerprint density at radius 3 is 2.35 bits per heavy atom. The van der Waals surface area contributed by atoms with Gasteiger partial charge < -0.3 is 4.90 Å². The van der Waals surface area contributed by atoms with Crippen molar-refractivity contribution < 1.29 is 4.79 Å². The topological polar surface area (TPSA) is 50.5 Å². The summed E-state index contributed by atoms with van der Waals surface area (Å²) in [5, 5.41) is 4.26. The summed E-state index contributed by atoms with van der Waals surface area (Å²) in [7, 11) is 0. The average Bonchev–Trinajstić information content (AvgIpc) is 2.89. The highest BCUT2D eigenvalue weighted by molar-refractivity contribution is 5.99. The molecule has 0 bridgehead atoms. The monoisotopic (exact) mass is 316 g/mol. The number of rotatable bonds is 7. The van der Waals surface area contributed by atoms with E-state index in [0.29, 0.717) is 23.0 Å². The first-order chi connectivity index (χ1) is 10.9. The van der Waals surface area contributed by atoms with Crippen LogP contribution in [0.25, 0.3) is 5.65 Å². The lowest BCUT2D eigenvalue weighted by molar-refractivity contribution is 0.0742. The summed E-state index contributed by atoms with van der Waals surface area (Å²) in [6, 6.07) is 1.89. The zero-order valence-corrected chi connectivity index (χ0v) is 14.9. The van der Waals surface area contributed by atoms with Crippen LogP contribution in [0.2, 0.25) is 0 Å². The lowest BCUT2D eigenvalue weighted by atomic mass is 10.1. The molecule has 23 heavy (non-hydrogen) atoms. The maximum absolute atomic E-state index is 13.0. The van der Waals surface area contributed by atoms with Crippen LogP contribution in [0.1, 0.15) is 56.6 Å². The van der Waals surface area contributed by atoms with Gasteiger partial charge in [-0.15, -0.1) is 0 Å². The van der Waals surface area contributed by atoms with Crippen molar-refractivity contribution in [1.29, 1.82) is 0 Å². The smallest absolute Gasteiger partial charge is 0.259 e. The van der Waals surface area contributed by atoms with E-state index in [2.05, 4.69) is 37.8 Å². The van der Waals surface area contributed by atoms with Crippen LogP contribution in [-0.4, -0.2) is 38.5 Å². The number of aromatic nitrogens is 3. The van der Waals surface area contributed by atoms with Crippen LogP contribution in [0.5, 0.6) is 0 Å². The normalized spacial score (nSPS) is 11.6. The van der Waals surface area contributed by atoms with Gasteiger partial charge in [0.25, 0.3) is 5.91 Å². The molecule has 0 aromatic carbocycles. The highest BCUT2D eigenvalue weighted by Gasteiger charge is 2.21. The third-order valence-electron chi connectivity index (χ3n) is 3.98. The molecule has 0 N–H and O–H groups in total. The Balaban J connectivity index is 2.24. The SMILES string of the molecule is Cc1ccn2ncc(C(=O)N(CCC(C)C)CCC(C)C)c2n1. The van der Waals surface area contributed by atoms with Gasteiger partial charge in [0.05, 0.1) is 6.20 Å². The summed E-state index contributed by atoms with van der Waals surface area (Å²) in [6.07, 6.45) is 5.51. The molecule has 5 nitrogen and oxygen atoms in total. The van der Waals surface area contributed by atoms with Gasteiger partial charge in [-0.05, 0) is 37.7 Å². The minimum Gasteiger partial charge on any atom is -0.338 e. The molecule has 0 aliphatic carbocycles. The molecule has 0 atom stereocenters. The first-order valence-corrected chi connectivity index (χ1v) is 8.48. The predicted molar refractivity (Wildman–Crippen MR) is 92.5 cm³/mol. The van der Waals surface area contributed by atoms with Crippen molar-refractivity contribution in [3.05, 3.63) is 29.7 Å². The molecule has 126 valence electrons. The second-order valence-corrected chi connectivity index (χ2v) is 7.05. The minimum absolute atomic E-state index is 0.0411. The number of amides is 1. The molecule has 0 saturated heterocycles. The van der Waals surface area contributed by atoms with Gasteiger partial charge in [-0.2, -0.15) is 5.10 Å². The van der Waals surface area contributed by atoms with Gasteiger partial charge in [0.2, 0.25) is 0 Å². The molecule has 5 heteroatoms. The number of hydrogen-bond acceptors (Lipinski definition) is 3. The Morgan fingerprint density at radius 1 is 1.17 bits per heavy atom. The average molecular weight is 316 g/mol. The van der Waals surface area contributed by atoms with E-state index in [-0.39, 0.29) is 5.91 Å². The summed E-state index contributed by atoms with van der Waals surface area (Å²) >= 11 is 0. The fourth-order valence-corrected chi connectivity index (χ4v) is 2.42. The second kappa shape index (κ2) is 7.57. The van der Waals surface area contributed by atoms with Gasteiger partial charge >= 0.3 is 0 Å². The largest absolute Gasteiger partial charge is 0.338 e. The molecule has 0 radical (unpaired) electrons. The number of carbonyl (C=O) groups is 1. The third kappa shape index (κ3) is 4.53. The van der Waals surface area contributed by atoms with Gasteiger partial charge in [0, 0.05) is 25.0 Å². The number of aryl methyl sites for hydroxylation is 1. The molecule has 0 saturated carbocycles. The second-order valence-electron chi connectivity index (χ2n) is 7.05. The number of hydrogen-bond donors (Lipinski definition) is 0. The molecular weight excluding hydrogens is 288 g/mol. The highest BCUT2D eigenvalue weighted by atomic mass is 16.2. The van der Waals surface area contributed by atoms with E-state index in [9.17, 15) is 4.79 Å². The first kappa shape index (κ1) is 17.4. The number of nitrogens with zero attached hydrogens (tertiary/aromatic N) is 4. The quantitative estimate of drug-likeness (QED) is 0.784. The van der Waals surface area contributed by atoms with Gasteiger partial charge in [-0.25, -0.2) is 9.50 Å². The Kier molecular flexibility index (Phi) is 5.74. The predicted octanol–water partition coefficient (Wildman–Crippen LogP) is 3.57. The Hall–Kier alpha value is -1.91. The highest BCUT2D eigenvalue weighted by Crippen LogP contribution is 2.15. The molecular formula is C18H28N4O. The van der Waals surface area contributed by atoms with Crippen LogP contribution in [-0.2, 0) is 0 Å². The molecule has 1 amide bonds. The molecule has 0 aliphatic rings. The fourth-order valence-electron chi connectivity index (χ4n) is 2.42. The van der Waals surface area contributed by atoms with Crippen molar-refractivity contribution in [2.45, 2.75) is 47.5 Å². The summed E-state index contributed by atoms with van der Waals surface area (Å²) in [5.74, 6) is 1.20. The van der Waals surface area contributed by atoms with Crippen LogP contribution in [0, 0.1) is 18.8 Å². The standard InChI is InChI=1S/C18H28N4O/c1-13(2)6-9-21(10-7-14(3)4)18(23)16-12-19-22-11-8-15(5)20-17(16)22/h8,11-14H,6-7,9-10H2,1-5H3. The lowest BCUT2D eigenvalue weighted by Gasteiger charge is -2.24. The van der Waals surface area contributed by atoms with Crippen molar-refractivity contribution in [1.82, 2.24) is 19.5 Å². The molecule has 2 rings (SSSR count). The lowest BCUT2D eigenvalue weighted by Crippen LogP contribution is -2.34. The van der Waals surface area contributed by atoms with Crippen LogP contribution < -0.4 is 0 Å². The van der Waals surface area contributed by atoms with Crippen molar-refractivity contribution in [2.75, 3.05) is 13.1 Å². The van der Waals surface area contributed by atoms with Gasteiger partial charge in [-0.1, -0.05) is 27.7 Å². The first-order valence-electron chi connectivity index (χ1n) is 8.48. The molecule has 0 unspecified atom stereocenters. The molecule has 0 aliphatic heterocycles. The molecule has 2 aromatic rings. The maximum atomic E-state index is 13.0. The van der Waals surface area contributed by atoms with E-state index >= 15 is 0 Å². The molecule has 0 spiro atoms. The van der Waals surface area contributed by atoms with Crippen LogP contribution in [0.4, 0.5) is 0 Å². The zero-order valence-electron chi connectivity index (χ0n) is 14.9. The Morgan fingerprint density at radius 2 is 1.78 bits per heavy atom. The van der Waals surface area contributed by atoms with E-state index in [0.717, 1.165) is 31.6 Å². The van der Waals surface area contributed by atoms with Crippen molar-refractivity contribution in [2.24, 2.45) is 11.8 Å². The van der Waals surface area contributed by atoms with Crippen LogP contribution >= 0.6 is 0 Å². The molecule has 2 aromatic heterocycles. The Bertz CT molecular complexity index is 648. The van der Waals surface area contributed by atoms with Gasteiger partial charge in [-0.3, -0.25) is 4.79 Å². The Labute approximate surface area is 138 Å². The summed E-state index contributed by atoms with van der Waals surface area (Å²) in [4.78, 5) is 19.4. The van der Waals surface area contributed by atoms with E-state index in [1.165, 1.54) is 0 Å². The minimum atomic E-state index is 0.0411. The van der Waals surface area contributed by atoms with Crippen molar-refractivity contribution >= 4 is 11.6 Å². The van der Waals surface area contributed by atoms with E-state index in [1.807, 2.05) is 24.1 Å². The zero-order chi connectivity index (χ0) is 17.0. The number of fused-ring (bicyclic) bond motifs is 1. The van der Waals surface area contributed by atoms with Crippen LogP contribution in [0.15, 0.2) is 18.5 Å². The van der Waals surface area contributed by atoms with Gasteiger partial charge in [0.1, 0.15) is 5.56 Å². The van der Waals surface area contributed by atoms with Gasteiger partial charge in [0.15, 0.2) is 5.65 Å². The summed E-state index contributed by atoms with van der Waals surface area (Å²) in [6.45, 7) is 12.2. The summed E-state index contributed by atoms with van der Waals surface area (Å²) < 4.78 is 1.67. The van der Waals surface area contributed by atoms with Crippen molar-refractivity contribution in [3.63, 3.8) is 0 Å². The number of carbonyl (C=O) groups excluding carboxylic acids is 1. The van der Waals surface area contributed by atoms with E-state index < -0.39 is 0 Å². The van der Waals surface area contributed by atoms with E-state index in [1.54, 1.807) is 10.7 Å². The molecule has 2 heterocycles. The van der Waals surface area contributed by atoms with Crippen molar-refractivity contribution in [3.8, 4) is 0 Å². The fraction of sp³-hybridized carbons (Fsp3) is 0.611. The van der Waals surface area contributed by atoms with E-state index in [4.69, 9.17) is 0 Å². The van der Waals surface area contributed by atoms with Crippen LogP contribution in [0.3, 0.4) is 0 Å². The molecule has 0 fully saturated rings. The summed E-state index contributed by atoms with van der Waals surface area (Å²) in [5.41, 5.74) is 2.14.